The van der Waals surface area contributed by atoms with Gasteiger partial charge >= 0.3 is 0 Å². The number of aromatic amines is 1. The molecule has 4 saturated heterocycles. The molecule has 0 unspecified atom stereocenters. The van der Waals surface area contributed by atoms with Gasteiger partial charge in [-0.15, -0.1) is 52.1 Å². The molecule has 4 aliphatic rings. The molecule has 5 N–H and O–H groups in total. The Morgan fingerprint density at radius 3 is 1.08 bits per heavy atom. The number of H-pyrrole nitrogens is 1. The van der Waals surface area contributed by atoms with Gasteiger partial charge in [-0.05, 0) is 248 Å². The van der Waals surface area contributed by atoms with Crippen LogP contribution in [0.4, 0.5) is 24.9 Å². The summed E-state index contributed by atoms with van der Waals surface area (Å²) in [5.41, 5.74) is 9.72. The Bertz CT molecular complexity index is 5230. The summed E-state index contributed by atoms with van der Waals surface area (Å²) in [5, 5.41) is 66.1. The quantitative estimate of drug-likeness (QED) is 0.0535. The molecule has 4 aliphatic heterocycles. The molecule has 0 radical (unpaired) electrons. The molecule has 12 heterocycles. The summed E-state index contributed by atoms with van der Waals surface area (Å²) in [6.45, 7) is 40.3. The molecule has 0 saturated carbocycles. The van der Waals surface area contributed by atoms with E-state index >= 15 is 0 Å². The van der Waals surface area contributed by atoms with Crippen LogP contribution in [0, 0.1) is 19.7 Å². The van der Waals surface area contributed by atoms with Crippen molar-refractivity contribution >= 4 is 88.8 Å². The number of ether oxygens (including phenoxy) is 2. The lowest BCUT2D eigenvalue weighted by molar-refractivity contribution is 0.160. The monoisotopic (exact) mass is 1740 g/mol. The first-order valence-electron chi connectivity index (χ1n) is 40.7. The van der Waals surface area contributed by atoms with Gasteiger partial charge in [-0.2, -0.15) is 5.10 Å². The zero-order valence-electron chi connectivity index (χ0n) is 73.7. The summed E-state index contributed by atoms with van der Waals surface area (Å²) in [5.74, 6) is 1.27. The predicted octanol–water partition coefficient (Wildman–Crippen LogP) is 19.1. The van der Waals surface area contributed by atoms with E-state index in [9.17, 15) is 4.39 Å². The number of thiazole rings is 1. The molecule has 0 aliphatic carbocycles. The predicted molar refractivity (Wildman–Crippen MR) is 493 cm³/mol. The molecule has 4 fully saturated rings. The number of imidazole rings is 2. The maximum absolute atomic E-state index is 14.8. The number of rotatable bonds is 18. The molecule has 16 rings (SSSR count). The third-order valence-corrected chi connectivity index (χ3v) is 28.2. The van der Waals surface area contributed by atoms with Crippen molar-refractivity contribution in [2.24, 2.45) is 0 Å². The number of nitrogens with one attached hydrogen (secondary N) is 5. The van der Waals surface area contributed by atoms with Gasteiger partial charge in [-0.3, -0.25) is 5.10 Å². The minimum atomic E-state index is -0.314. The summed E-state index contributed by atoms with van der Waals surface area (Å²) < 4.78 is 29.9. The minimum absolute atomic E-state index is 0.0451. The summed E-state index contributed by atoms with van der Waals surface area (Å²) in [6.07, 6.45) is 20.6. The van der Waals surface area contributed by atoms with Gasteiger partial charge in [0.05, 0.1) is 64.3 Å². The van der Waals surface area contributed by atoms with Crippen LogP contribution in [0.15, 0.2) is 123 Å². The number of methoxy groups -OCH3 is 2. The highest BCUT2D eigenvalue weighted by Crippen LogP contribution is 2.46. The Kier molecular flexibility index (Phi) is 26.1. The van der Waals surface area contributed by atoms with E-state index < -0.39 is 0 Å². The Morgan fingerprint density at radius 1 is 0.417 bits per heavy atom. The fraction of sp³-hybridized carbons (Fsp3) is 0.500. The van der Waals surface area contributed by atoms with Gasteiger partial charge in [-0.25, -0.2) is 19.3 Å². The largest absolute Gasteiger partial charge is 0.496 e. The van der Waals surface area contributed by atoms with Crippen LogP contribution in [0.5, 0.6) is 11.5 Å². The standard InChI is InChI=1S/C24H33N5OS2.C22H30N6OS.C21H27ClN6S.C21H27FN6S/c1-14-20(31-15(2)25-14)16-9-10-18(19(11-16)30-8)21-26-27-22(32-21)29(7)17-12-23(3,4)28-24(5,6)13-17;1-21(2)12-15(13-22(3,4)27-21)28(5)20-26-25-19(30-20)16-8-7-14(11-18(16)29-6)17-9-10-23-24-17;2*1-20(2)11-15(12-21(3,4)26-20)27(5)19-25-24-18(29-19)16-7-6-14(10-17(16)22)28-9-8-23-13-28/h9-11,17,28H,12-13H2,1-8H3;7-11,15,27H,12-13H2,1-6H3,(H,23,24);2*6-10,13,15,26H,11-12H2,1-5H3. The van der Waals surface area contributed by atoms with Gasteiger partial charge in [0.2, 0.25) is 20.5 Å². The molecule has 0 atom stereocenters. The maximum Gasteiger partial charge on any atom is 0.208 e. The van der Waals surface area contributed by atoms with E-state index in [1.807, 2.05) is 66.2 Å². The molecule has 0 bridgehead atoms. The number of nitrogens with zero attached hydrogens (tertiary/aromatic N) is 18. The highest BCUT2D eigenvalue weighted by atomic mass is 35.5. The second-order valence-corrected chi connectivity index (χ2v) is 43.0. The van der Waals surface area contributed by atoms with Gasteiger partial charge in [0.1, 0.15) is 17.3 Å². The van der Waals surface area contributed by atoms with Crippen LogP contribution in [0.25, 0.3) is 75.4 Å². The van der Waals surface area contributed by atoms with Crippen LogP contribution in [0.1, 0.15) is 173 Å². The normalized spacial score (nSPS) is 18.4. The number of anilines is 4. The first-order chi connectivity index (χ1) is 56.4. The molecule has 0 spiro atoms. The van der Waals surface area contributed by atoms with E-state index in [1.54, 1.807) is 108 Å². The first kappa shape index (κ1) is 89.0. The van der Waals surface area contributed by atoms with E-state index in [4.69, 9.17) is 21.1 Å². The summed E-state index contributed by atoms with van der Waals surface area (Å²) in [4.78, 5) is 22.9. The highest BCUT2D eigenvalue weighted by molar-refractivity contribution is 7.19. The van der Waals surface area contributed by atoms with E-state index in [-0.39, 0.29) is 50.1 Å². The molecular weight excluding hydrogens is 1630 g/mol. The molecule has 4 aromatic carbocycles. The van der Waals surface area contributed by atoms with E-state index in [0.29, 0.717) is 39.8 Å². The highest BCUT2D eigenvalue weighted by Gasteiger charge is 2.44. The Balaban J connectivity index is 0.000000138. The molecule has 640 valence electrons. The molecule has 32 heteroatoms. The Labute approximate surface area is 731 Å². The van der Waals surface area contributed by atoms with Gasteiger partial charge in [0, 0.05) is 156 Å². The lowest BCUT2D eigenvalue weighted by atomic mass is 9.79. The van der Waals surface area contributed by atoms with Crippen LogP contribution < -0.4 is 50.3 Å². The number of aromatic nitrogens is 15. The average molecular weight is 1740 g/mol. The maximum atomic E-state index is 14.8. The van der Waals surface area contributed by atoms with E-state index in [1.165, 1.54) is 22.3 Å². The summed E-state index contributed by atoms with van der Waals surface area (Å²) >= 11 is 14.5. The summed E-state index contributed by atoms with van der Waals surface area (Å²) in [6, 6.07) is 27.0. The van der Waals surface area contributed by atoms with Crippen LogP contribution in [0.2, 0.25) is 5.02 Å². The molecule has 120 heavy (non-hydrogen) atoms. The third-order valence-electron chi connectivity index (χ3n) is 22.5. The van der Waals surface area contributed by atoms with Crippen molar-refractivity contribution in [1.29, 1.82) is 0 Å². The zero-order chi connectivity index (χ0) is 86.4. The second-order valence-electron chi connectivity index (χ2n) is 37.5. The lowest BCUT2D eigenvalue weighted by Gasteiger charge is -2.48. The van der Waals surface area contributed by atoms with Crippen LogP contribution >= 0.6 is 68.3 Å². The number of hydrogen-bond acceptors (Lipinski definition) is 27. The van der Waals surface area contributed by atoms with E-state index in [2.05, 4.69) is 271 Å². The fourth-order valence-electron chi connectivity index (χ4n) is 18.4. The number of hydrogen-bond donors (Lipinski definition) is 5. The second kappa shape index (κ2) is 35.2. The Hall–Kier alpha value is -8.76. The number of halogens is 2. The van der Waals surface area contributed by atoms with Gasteiger partial charge in [-0.1, -0.05) is 69.1 Å². The fourth-order valence-corrected chi connectivity index (χ4v) is 23.3. The topological polar surface area (TPSA) is 260 Å². The van der Waals surface area contributed by atoms with Crippen LogP contribution in [0.3, 0.4) is 0 Å². The minimum Gasteiger partial charge on any atom is -0.496 e. The number of aryl methyl sites for hydroxylation is 2. The Morgan fingerprint density at radius 2 is 0.758 bits per heavy atom. The third kappa shape index (κ3) is 21.5. The van der Waals surface area contributed by atoms with Gasteiger partial charge in [0.15, 0.2) is 20.0 Å². The van der Waals surface area contributed by atoms with Crippen molar-refractivity contribution in [3.63, 3.8) is 0 Å². The lowest BCUT2D eigenvalue weighted by Crippen LogP contribution is -2.61. The number of piperidine rings is 4. The van der Waals surface area contributed by atoms with Crippen molar-refractivity contribution in [1.82, 2.24) is 96.3 Å². The van der Waals surface area contributed by atoms with Gasteiger partial charge in [0.25, 0.3) is 0 Å². The van der Waals surface area contributed by atoms with Crippen LogP contribution in [-0.4, -0.2) is 186 Å². The van der Waals surface area contributed by atoms with Crippen LogP contribution in [-0.2, 0) is 0 Å². The van der Waals surface area contributed by atoms with Crippen molar-refractivity contribution in [2.75, 3.05) is 62.0 Å². The zero-order valence-corrected chi connectivity index (χ0v) is 78.5. The van der Waals surface area contributed by atoms with Crippen molar-refractivity contribution in [3.8, 4) is 86.9 Å². The number of benzene rings is 4. The van der Waals surface area contributed by atoms with Crippen molar-refractivity contribution in [2.45, 2.75) is 244 Å². The first-order valence-corrected chi connectivity index (χ1v) is 45.2. The molecule has 8 aromatic heterocycles. The SMILES string of the molecule is CN(c1nnc(-c2ccc(-n3ccnc3)cc2Cl)s1)C1CC(C)(C)NC(C)(C)C1.CN(c1nnc(-c2ccc(-n3ccnc3)cc2F)s1)C1CC(C)(C)NC(C)(C)C1.COc1cc(-c2ccn[nH]2)ccc1-c1nnc(N(C)C2CC(C)(C)NC(C)(C)C2)s1.COc1cc(-c2sc(C)nc2C)ccc1-c1nnc(N(C)C2CC(C)(C)NC(C)(C)C2)s1. The van der Waals surface area contributed by atoms with Crippen molar-refractivity contribution < 1.29 is 13.9 Å². The van der Waals surface area contributed by atoms with E-state index in [0.717, 1.165) is 154 Å². The molecule has 25 nitrogen and oxygen atoms in total. The summed E-state index contributed by atoms with van der Waals surface area (Å²) in [7, 11) is 11.8. The molecule has 12 aromatic rings. The van der Waals surface area contributed by atoms with Crippen molar-refractivity contribution in [3.05, 3.63) is 144 Å². The van der Waals surface area contributed by atoms with Gasteiger partial charge < -0.3 is 59.5 Å². The average Bonchev–Trinajstić information content (AvgIpc) is 1.71. The molecule has 0 amide bonds. The smallest absolute Gasteiger partial charge is 0.208 e. The molecular formula is C88H117ClFN23O2S5.